The fraction of sp³-hybridized carbons (Fsp3) is 0.0833. The summed E-state index contributed by atoms with van der Waals surface area (Å²) < 4.78 is 6.17. The molecule has 0 radical (unpaired) electrons. The summed E-state index contributed by atoms with van der Waals surface area (Å²) in [5.74, 6) is 0.816. The molecule has 2 nitrogen and oxygen atoms in total. The lowest BCUT2D eigenvalue weighted by Gasteiger charge is -2.16. The Hall–Kier alpha value is -2.39. The molecule has 146 valence electrons. The number of hydrogen-bond acceptors (Lipinski definition) is 2. The third-order valence-corrected chi connectivity index (χ3v) is 5.55. The van der Waals surface area contributed by atoms with E-state index in [-0.39, 0.29) is 0 Å². The molecular weight excluding hydrogens is 425 g/mol. The van der Waals surface area contributed by atoms with Gasteiger partial charge in [0.15, 0.2) is 0 Å². The van der Waals surface area contributed by atoms with Crippen LogP contribution in [0.4, 0.5) is 5.69 Å². The molecule has 0 aliphatic heterocycles. The Kier molecular flexibility index (Phi) is 6.15. The van der Waals surface area contributed by atoms with Crippen LogP contribution in [-0.2, 0) is 13.2 Å². The Morgan fingerprint density at radius 1 is 0.759 bits per heavy atom. The highest BCUT2D eigenvalue weighted by Crippen LogP contribution is 2.31. The second-order valence-corrected chi connectivity index (χ2v) is 7.93. The van der Waals surface area contributed by atoms with Crippen molar-refractivity contribution in [2.45, 2.75) is 13.2 Å². The number of fused-ring (bicyclic) bond motifs is 1. The molecule has 4 rings (SSSR count). The first kappa shape index (κ1) is 19.9. The second-order valence-electron chi connectivity index (χ2n) is 6.65. The van der Waals surface area contributed by atoms with Gasteiger partial charge in [0, 0.05) is 38.4 Å². The van der Waals surface area contributed by atoms with Crippen molar-refractivity contribution in [1.29, 1.82) is 0 Å². The number of benzene rings is 4. The van der Waals surface area contributed by atoms with Crippen LogP contribution in [0.15, 0.2) is 78.9 Å². The minimum Gasteiger partial charge on any atom is -0.488 e. The van der Waals surface area contributed by atoms with E-state index in [1.165, 1.54) is 0 Å². The molecule has 4 aromatic rings. The van der Waals surface area contributed by atoms with E-state index >= 15 is 0 Å². The zero-order chi connectivity index (χ0) is 20.2. The number of anilines is 1. The van der Waals surface area contributed by atoms with Crippen molar-refractivity contribution in [3.8, 4) is 5.75 Å². The van der Waals surface area contributed by atoms with Gasteiger partial charge in [-0.2, -0.15) is 0 Å². The van der Waals surface area contributed by atoms with Crippen molar-refractivity contribution in [3.05, 3.63) is 105 Å². The van der Waals surface area contributed by atoms with Crippen LogP contribution in [0.3, 0.4) is 0 Å². The molecule has 0 aromatic heterocycles. The summed E-state index contributed by atoms with van der Waals surface area (Å²) in [7, 11) is 0. The van der Waals surface area contributed by atoms with Gasteiger partial charge < -0.3 is 10.1 Å². The highest BCUT2D eigenvalue weighted by Gasteiger charge is 2.11. The maximum atomic E-state index is 6.30. The smallest absolute Gasteiger partial charge is 0.125 e. The van der Waals surface area contributed by atoms with Crippen LogP contribution in [0.1, 0.15) is 11.1 Å². The number of ether oxygens (including phenoxy) is 1. The van der Waals surface area contributed by atoms with Crippen LogP contribution in [0.2, 0.25) is 15.1 Å². The van der Waals surface area contributed by atoms with Gasteiger partial charge in [0.25, 0.3) is 0 Å². The quantitative estimate of drug-likeness (QED) is 0.327. The van der Waals surface area contributed by atoms with E-state index in [1.807, 2.05) is 54.6 Å². The molecule has 0 saturated carbocycles. The SMILES string of the molecule is Clc1ccc(NCc2c(OCc3ccc(Cl)cc3Cl)ccc3ccccc23)cc1. The number of hydrogen-bond donors (Lipinski definition) is 1. The Balaban J connectivity index is 1.62. The summed E-state index contributed by atoms with van der Waals surface area (Å²) in [4.78, 5) is 0. The second kappa shape index (κ2) is 8.96. The molecule has 0 fully saturated rings. The molecule has 0 saturated heterocycles. The first-order valence-corrected chi connectivity index (χ1v) is 10.3. The average Bonchev–Trinajstić information content (AvgIpc) is 2.73. The average molecular weight is 443 g/mol. The van der Waals surface area contributed by atoms with Crippen LogP contribution in [-0.4, -0.2) is 0 Å². The Bertz CT molecular complexity index is 1140. The Labute approximate surface area is 185 Å². The number of rotatable bonds is 6. The van der Waals surface area contributed by atoms with Gasteiger partial charge in [-0.3, -0.25) is 0 Å². The largest absolute Gasteiger partial charge is 0.488 e. The Morgan fingerprint density at radius 3 is 2.31 bits per heavy atom. The lowest BCUT2D eigenvalue weighted by Crippen LogP contribution is -2.05. The highest BCUT2D eigenvalue weighted by molar-refractivity contribution is 6.35. The van der Waals surface area contributed by atoms with E-state index < -0.39 is 0 Å². The predicted octanol–water partition coefficient (Wildman–Crippen LogP) is 7.99. The summed E-state index contributed by atoms with van der Waals surface area (Å²) >= 11 is 18.3. The van der Waals surface area contributed by atoms with Gasteiger partial charge in [0.2, 0.25) is 0 Å². The molecular formula is C24H18Cl3NO. The molecule has 4 aromatic carbocycles. The van der Waals surface area contributed by atoms with Crippen molar-refractivity contribution in [1.82, 2.24) is 0 Å². The van der Waals surface area contributed by atoms with Crippen molar-refractivity contribution >= 4 is 51.3 Å². The lowest BCUT2D eigenvalue weighted by atomic mass is 10.0. The first-order valence-electron chi connectivity index (χ1n) is 9.17. The molecule has 5 heteroatoms. The van der Waals surface area contributed by atoms with E-state index in [4.69, 9.17) is 39.5 Å². The van der Waals surface area contributed by atoms with E-state index in [0.717, 1.165) is 33.3 Å². The van der Waals surface area contributed by atoms with Crippen LogP contribution in [0.25, 0.3) is 10.8 Å². The summed E-state index contributed by atoms with van der Waals surface area (Å²) in [6.07, 6.45) is 0. The van der Waals surface area contributed by atoms with Gasteiger partial charge >= 0.3 is 0 Å². The zero-order valence-corrected chi connectivity index (χ0v) is 17.7. The van der Waals surface area contributed by atoms with Gasteiger partial charge in [-0.15, -0.1) is 0 Å². The fourth-order valence-corrected chi connectivity index (χ4v) is 3.77. The van der Waals surface area contributed by atoms with Crippen molar-refractivity contribution < 1.29 is 4.74 Å². The maximum Gasteiger partial charge on any atom is 0.125 e. The van der Waals surface area contributed by atoms with E-state index in [9.17, 15) is 0 Å². The van der Waals surface area contributed by atoms with Gasteiger partial charge in [0.1, 0.15) is 12.4 Å². The molecule has 1 N–H and O–H groups in total. The molecule has 0 aliphatic rings. The van der Waals surface area contributed by atoms with Gasteiger partial charge in [-0.1, -0.05) is 71.2 Å². The van der Waals surface area contributed by atoms with Crippen molar-refractivity contribution in [2.75, 3.05) is 5.32 Å². The highest BCUT2D eigenvalue weighted by atomic mass is 35.5. The third-order valence-electron chi connectivity index (χ3n) is 4.71. The van der Waals surface area contributed by atoms with Crippen LogP contribution in [0, 0.1) is 0 Å². The summed E-state index contributed by atoms with van der Waals surface area (Å²) in [5.41, 5.74) is 2.97. The minimum absolute atomic E-state index is 0.363. The van der Waals surface area contributed by atoms with E-state index in [2.05, 4.69) is 23.5 Å². The zero-order valence-electron chi connectivity index (χ0n) is 15.5. The molecule has 0 amide bonds. The topological polar surface area (TPSA) is 21.3 Å². The number of halogens is 3. The molecule has 0 aliphatic carbocycles. The molecule has 0 atom stereocenters. The summed E-state index contributed by atoms with van der Waals surface area (Å²) in [5, 5.41) is 7.68. The van der Waals surface area contributed by atoms with Gasteiger partial charge in [-0.05, 0) is 53.2 Å². The molecule has 0 spiro atoms. The molecule has 29 heavy (non-hydrogen) atoms. The third kappa shape index (κ3) is 4.79. The Morgan fingerprint density at radius 2 is 1.52 bits per heavy atom. The van der Waals surface area contributed by atoms with E-state index in [1.54, 1.807) is 6.07 Å². The van der Waals surface area contributed by atoms with Crippen molar-refractivity contribution in [3.63, 3.8) is 0 Å². The fourth-order valence-electron chi connectivity index (χ4n) is 3.19. The standard InChI is InChI=1S/C24H18Cl3NO/c25-18-8-10-20(11-9-18)28-14-22-21-4-2-1-3-16(21)6-12-24(22)29-15-17-5-7-19(26)13-23(17)27/h1-13,28H,14-15H2. The maximum absolute atomic E-state index is 6.30. The van der Waals surface area contributed by atoms with Crippen LogP contribution in [0.5, 0.6) is 5.75 Å². The van der Waals surface area contributed by atoms with Crippen molar-refractivity contribution in [2.24, 2.45) is 0 Å². The van der Waals surface area contributed by atoms with Crippen LogP contribution < -0.4 is 10.1 Å². The van der Waals surface area contributed by atoms with E-state index in [0.29, 0.717) is 28.2 Å². The molecule has 0 unspecified atom stereocenters. The summed E-state index contributed by atoms with van der Waals surface area (Å²) in [6, 6.07) is 25.4. The minimum atomic E-state index is 0.363. The lowest BCUT2D eigenvalue weighted by molar-refractivity contribution is 0.304. The normalized spacial score (nSPS) is 10.9. The van der Waals surface area contributed by atoms with Gasteiger partial charge in [0.05, 0.1) is 0 Å². The predicted molar refractivity (Wildman–Crippen MR) is 124 cm³/mol. The first-order chi connectivity index (χ1) is 14.1. The number of nitrogens with one attached hydrogen (secondary N) is 1. The van der Waals surface area contributed by atoms with Gasteiger partial charge in [-0.25, -0.2) is 0 Å². The monoisotopic (exact) mass is 441 g/mol. The molecule has 0 heterocycles. The molecule has 0 bridgehead atoms. The summed E-state index contributed by atoms with van der Waals surface area (Å²) in [6.45, 7) is 0.981. The van der Waals surface area contributed by atoms with Crippen LogP contribution >= 0.6 is 34.8 Å².